The number of nitrogens with zero attached hydrogens (tertiary/aromatic N) is 1. The fourth-order valence-electron chi connectivity index (χ4n) is 3.81. The predicted molar refractivity (Wildman–Crippen MR) is 124 cm³/mol. The molecule has 0 aliphatic carbocycles. The third kappa shape index (κ3) is 6.76. The van der Waals surface area contributed by atoms with Gasteiger partial charge in [0.15, 0.2) is 11.5 Å². The Labute approximate surface area is 198 Å². The summed E-state index contributed by atoms with van der Waals surface area (Å²) in [6.45, 7) is 1.02. The van der Waals surface area contributed by atoms with Gasteiger partial charge in [-0.15, -0.1) is 0 Å². The molecule has 1 aliphatic heterocycles. The third-order valence-electron chi connectivity index (χ3n) is 5.49. The maximum atomic E-state index is 13.0. The van der Waals surface area contributed by atoms with Gasteiger partial charge in [-0.05, 0) is 48.4 Å². The summed E-state index contributed by atoms with van der Waals surface area (Å²) in [5, 5.41) is 0.592. The van der Waals surface area contributed by atoms with E-state index in [0.29, 0.717) is 48.3 Å². The molecule has 0 saturated carbocycles. The van der Waals surface area contributed by atoms with Crippen molar-refractivity contribution in [3.63, 3.8) is 0 Å². The average Bonchev–Trinajstić information content (AvgIpc) is 2.81. The molecule has 0 bridgehead atoms. The number of aryl methyl sites for hydroxylation is 1. The zero-order valence-electron chi connectivity index (χ0n) is 18.8. The van der Waals surface area contributed by atoms with E-state index in [2.05, 4.69) is 0 Å². The molecule has 2 aromatic rings. The number of methoxy groups -OCH3 is 2. The average molecular weight is 477 g/mol. The van der Waals surface area contributed by atoms with Crippen molar-refractivity contribution in [2.75, 3.05) is 40.5 Å². The number of carbonyl (C=O) groups excluding carboxylic acids is 2. The lowest BCUT2D eigenvalue weighted by molar-refractivity contribution is -0.161. The van der Waals surface area contributed by atoms with Crippen LogP contribution in [0.1, 0.15) is 18.4 Å². The summed E-state index contributed by atoms with van der Waals surface area (Å²) >= 11 is 5.92. The second kappa shape index (κ2) is 11.2. The molecule has 0 unspecified atom stereocenters. The highest BCUT2D eigenvalue weighted by Gasteiger charge is 2.40. The number of ether oxygens (including phenoxy) is 4. The topological polar surface area (TPSA) is 100 Å². The fourth-order valence-corrected chi connectivity index (χ4v) is 3.94. The molecule has 9 heteroatoms. The normalized spacial score (nSPS) is 18.0. The van der Waals surface area contributed by atoms with E-state index in [9.17, 15) is 9.59 Å². The van der Waals surface area contributed by atoms with Gasteiger partial charge in [0.1, 0.15) is 18.0 Å². The molecule has 0 aromatic heterocycles. The minimum Gasteiger partial charge on any atom is -0.493 e. The van der Waals surface area contributed by atoms with Crippen molar-refractivity contribution in [1.29, 1.82) is 0 Å². The largest absolute Gasteiger partial charge is 0.493 e. The van der Waals surface area contributed by atoms with Gasteiger partial charge in [-0.2, -0.15) is 0 Å². The van der Waals surface area contributed by atoms with Crippen molar-refractivity contribution in [3.05, 3.63) is 53.1 Å². The van der Waals surface area contributed by atoms with Gasteiger partial charge in [-0.25, -0.2) is 0 Å². The van der Waals surface area contributed by atoms with Gasteiger partial charge in [-0.1, -0.05) is 17.7 Å². The quantitative estimate of drug-likeness (QED) is 0.566. The lowest BCUT2D eigenvalue weighted by Crippen LogP contribution is -2.58. The molecule has 178 valence electrons. The van der Waals surface area contributed by atoms with Crippen LogP contribution < -0.4 is 19.9 Å². The molecule has 1 saturated heterocycles. The van der Waals surface area contributed by atoms with Gasteiger partial charge >= 0.3 is 0 Å². The number of hydrogen-bond acceptors (Lipinski definition) is 6. The molecule has 0 spiro atoms. The van der Waals surface area contributed by atoms with Crippen molar-refractivity contribution in [3.8, 4) is 17.2 Å². The van der Waals surface area contributed by atoms with E-state index in [-0.39, 0.29) is 25.5 Å². The van der Waals surface area contributed by atoms with Crippen LogP contribution in [0.5, 0.6) is 17.2 Å². The molecular formula is C24H29ClN2O6. The van der Waals surface area contributed by atoms with Crippen molar-refractivity contribution in [2.45, 2.75) is 24.9 Å². The van der Waals surface area contributed by atoms with Crippen LogP contribution in [0.25, 0.3) is 0 Å². The number of hydrogen-bond donors (Lipinski definition) is 1. The van der Waals surface area contributed by atoms with Gasteiger partial charge < -0.3 is 29.6 Å². The number of morpholine rings is 1. The summed E-state index contributed by atoms with van der Waals surface area (Å²) in [4.78, 5) is 26.5. The first-order valence-electron chi connectivity index (χ1n) is 10.6. The summed E-state index contributed by atoms with van der Waals surface area (Å²) in [7, 11) is 3.15. The van der Waals surface area contributed by atoms with Crippen molar-refractivity contribution in [2.24, 2.45) is 5.73 Å². The highest BCUT2D eigenvalue weighted by molar-refractivity contribution is 6.30. The summed E-state index contributed by atoms with van der Waals surface area (Å²) in [5.41, 5.74) is 5.44. The molecule has 1 aliphatic rings. The molecular weight excluding hydrogens is 448 g/mol. The van der Waals surface area contributed by atoms with Crippen molar-refractivity contribution in [1.82, 2.24) is 4.90 Å². The van der Waals surface area contributed by atoms with E-state index >= 15 is 0 Å². The van der Waals surface area contributed by atoms with E-state index in [1.165, 1.54) is 0 Å². The fraction of sp³-hybridized carbons (Fsp3) is 0.417. The van der Waals surface area contributed by atoms with E-state index in [1.807, 2.05) is 18.2 Å². The van der Waals surface area contributed by atoms with Crippen LogP contribution in [-0.2, 0) is 20.7 Å². The number of carbonyl (C=O) groups is 2. The van der Waals surface area contributed by atoms with Gasteiger partial charge in [-0.3, -0.25) is 9.59 Å². The van der Waals surface area contributed by atoms with Gasteiger partial charge in [0.2, 0.25) is 11.8 Å². The van der Waals surface area contributed by atoms with Crippen LogP contribution in [0.15, 0.2) is 42.5 Å². The van der Waals surface area contributed by atoms with Gasteiger partial charge in [0, 0.05) is 18.0 Å². The minimum absolute atomic E-state index is 0.0339. The molecule has 2 aromatic carbocycles. The lowest BCUT2D eigenvalue weighted by Gasteiger charge is -2.42. The Morgan fingerprint density at radius 2 is 1.85 bits per heavy atom. The third-order valence-corrected chi connectivity index (χ3v) is 5.74. The first-order chi connectivity index (χ1) is 15.8. The first kappa shape index (κ1) is 24.7. The number of primary amides is 1. The molecule has 8 nitrogen and oxygen atoms in total. The van der Waals surface area contributed by atoms with Crippen LogP contribution in [0.2, 0.25) is 5.02 Å². The van der Waals surface area contributed by atoms with Gasteiger partial charge in [0.05, 0.1) is 33.8 Å². The second-order valence-electron chi connectivity index (χ2n) is 7.92. The molecule has 2 amide bonds. The monoisotopic (exact) mass is 476 g/mol. The molecule has 1 fully saturated rings. The molecule has 3 rings (SSSR count). The Morgan fingerprint density at radius 1 is 1.12 bits per heavy atom. The van der Waals surface area contributed by atoms with Crippen LogP contribution in [-0.4, -0.2) is 62.8 Å². The Bertz CT molecular complexity index is 968. The van der Waals surface area contributed by atoms with Gasteiger partial charge in [0.25, 0.3) is 0 Å². The van der Waals surface area contributed by atoms with Crippen molar-refractivity contribution >= 4 is 23.4 Å². The number of amides is 2. The smallest absolute Gasteiger partial charge is 0.223 e. The number of halogens is 1. The predicted octanol–water partition coefficient (Wildman–Crippen LogP) is 2.84. The highest BCUT2D eigenvalue weighted by atomic mass is 35.5. The number of rotatable bonds is 10. The molecule has 0 radical (unpaired) electrons. The molecule has 33 heavy (non-hydrogen) atoms. The lowest BCUT2D eigenvalue weighted by atomic mass is 9.97. The summed E-state index contributed by atoms with van der Waals surface area (Å²) < 4.78 is 22.4. The number of benzene rings is 2. The zero-order chi connectivity index (χ0) is 23.8. The van der Waals surface area contributed by atoms with E-state index in [4.69, 9.17) is 36.3 Å². The maximum absolute atomic E-state index is 13.0. The minimum atomic E-state index is -1.01. The molecule has 1 heterocycles. The Morgan fingerprint density at radius 3 is 2.52 bits per heavy atom. The van der Waals surface area contributed by atoms with E-state index < -0.39 is 11.5 Å². The standard InChI is InChI=1S/C24H29ClN2O6/c1-30-20-9-3-17(13-21(20)31-2)4-10-23(29)27-11-12-33-24(15-27,14-22(26)28)16-32-19-7-5-18(25)6-8-19/h3,5-9,13H,4,10-12,14-16H2,1-2H3,(H2,26,28)/t24-/m1/s1. The first-order valence-corrected chi connectivity index (χ1v) is 11.0. The summed E-state index contributed by atoms with van der Waals surface area (Å²) in [5.74, 6) is 1.29. The maximum Gasteiger partial charge on any atom is 0.223 e. The van der Waals surface area contributed by atoms with Crippen LogP contribution in [0, 0.1) is 0 Å². The van der Waals surface area contributed by atoms with Crippen LogP contribution in [0.3, 0.4) is 0 Å². The zero-order valence-corrected chi connectivity index (χ0v) is 19.6. The molecule has 1 atom stereocenters. The summed E-state index contributed by atoms with van der Waals surface area (Å²) in [6.07, 6.45) is 0.793. The van der Waals surface area contributed by atoms with Crippen molar-refractivity contribution < 1.29 is 28.5 Å². The Kier molecular flexibility index (Phi) is 8.41. The second-order valence-corrected chi connectivity index (χ2v) is 8.36. The van der Waals surface area contributed by atoms with Crippen LogP contribution in [0.4, 0.5) is 0 Å². The SMILES string of the molecule is COc1ccc(CCC(=O)N2CCO[C@](COc3ccc(Cl)cc3)(CC(N)=O)C2)cc1OC. The summed E-state index contributed by atoms with van der Waals surface area (Å²) in [6, 6.07) is 12.5. The van der Waals surface area contributed by atoms with Crippen LogP contribution >= 0.6 is 11.6 Å². The van der Waals surface area contributed by atoms with E-state index in [0.717, 1.165) is 5.56 Å². The highest BCUT2D eigenvalue weighted by Crippen LogP contribution is 2.29. The Balaban J connectivity index is 1.64. The number of nitrogens with two attached hydrogens (primary N) is 1. The molecule has 2 N–H and O–H groups in total. The Hall–Kier alpha value is -2.97. The van der Waals surface area contributed by atoms with E-state index in [1.54, 1.807) is 43.4 Å².